The van der Waals surface area contributed by atoms with Crippen molar-refractivity contribution in [3.63, 3.8) is 0 Å². The van der Waals surface area contributed by atoms with Crippen molar-refractivity contribution in [1.82, 2.24) is 9.97 Å². The minimum absolute atomic E-state index is 0.487. The van der Waals surface area contributed by atoms with Gasteiger partial charge in [0, 0.05) is 32.0 Å². The highest BCUT2D eigenvalue weighted by Gasteiger charge is 2.62. The number of nitrogens with zero attached hydrogens (tertiary/aromatic N) is 3. The summed E-state index contributed by atoms with van der Waals surface area (Å²) in [6.45, 7) is 9.54. The van der Waals surface area contributed by atoms with Crippen LogP contribution in [0.15, 0.2) is 6.07 Å². The van der Waals surface area contributed by atoms with E-state index in [9.17, 15) is 0 Å². The lowest BCUT2D eigenvalue weighted by molar-refractivity contribution is 0.177. The summed E-state index contributed by atoms with van der Waals surface area (Å²) in [5.74, 6) is 3.54. The molecule has 0 unspecified atom stereocenters. The zero-order chi connectivity index (χ0) is 12.9. The van der Waals surface area contributed by atoms with Crippen LogP contribution in [-0.2, 0) is 11.3 Å². The first kappa shape index (κ1) is 11.9. The molecule has 1 aromatic rings. The summed E-state index contributed by atoms with van der Waals surface area (Å²) >= 11 is 0. The van der Waals surface area contributed by atoms with E-state index in [1.54, 1.807) is 7.11 Å². The van der Waals surface area contributed by atoms with Crippen molar-refractivity contribution < 1.29 is 4.74 Å². The average molecular weight is 247 g/mol. The lowest BCUT2D eigenvalue weighted by atomic mass is 10.1. The van der Waals surface area contributed by atoms with Gasteiger partial charge in [0.1, 0.15) is 12.4 Å². The number of ether oxygens (including phenoxy) is 1. The van der Waals surface area contributed by atoms with Crippen molar-refractivity contribution in [3.8, 4) is 0 Å². The van der Waals surface area contributed by atoms with Gasteiger partial charge in [0.25, 0.3) is 0 Å². The predicted octanol–water partition coefficient (Wildman–Crippen LogP) is 2.02. The summed E-state index contributed by atoms with van der Waals surface area (Å²) in [6.07, 6.45) is 0. The smallest absolute Gasteiger partial charge is 0.156 e. The molecule has 0 spiro atoms. The number of hydrogen-bond donors (Lipinski definition) is 0. The number of rotatable bonds is 3. The summed E-state index contributed by atoms with van der Waals surface area (Å²) in [5, 5.41) is 0. The van der Waals surface area contributed by atoms with Crippen LogP contribution in [0.25, 0.3) is 0 Å². The molecule has 1 aliphatic carbocycles. The second kappa shape index (κ2) is 3.92. The zero-order valence-corrected chi connectivity index (χ0v) is 11.6. The fourth-order valence-corrected chi connectivity index (χ4v) is 3.29. The van der Waals surface area contributed by atoms with Gasteiger partial charge in [0.15, 0.2) is 5.82 Å². The van der Waals surface area contributed by atoms with Crippen molar-refractivity contribution in [2.45, 2.75) is 27.4 Å². The van der Waals surface area contributed by atoms with Crippen LogP contribution in [-0.4, -0.2) is 30.2 Å². The van der Waals surface area contributed by atoms with Gasteiger partial charge in [-0.05, 0) is 24.2 Å². The van der Waals surface area contributed by atoms with Gasteiger partial charge < -0.3 is 9.64 Å². The highest BCUT2D eigenvalue weighted by atomic mass is 16.5. The molecule has 2 heterocycles. The largest absolute Gasteiger partial charge is 0.377 e. The molecule has 4 heteroatoms. The SMILES string of the molecule is COCc1nc(C)cc(N2C[C@@H]3[C@@H](C2)C3(C)C)n1. The Hall–Kier alpha value is -1.16. The molecule has 0 aromatic carbocycles. The fraction of sp³-hybridized carbons (Fsp3) is 0.714. The monoisotopic (exact) mass is 247 g/mol. The minimum Gasteiger partial charge on any atom is -0.377 e. The second-order valence-corrected chi connectivity index (χ2v) is 6.16. The normalized spacial score (nSPS) is 28.3. The number of anilines is 1. The molecule has 2 aliphatic rings. The third kappa shape index (κ3) is 1.79. The first-order valence-corrected chi connectivity index (χ1v) is 6.61. The van der Waals surface area contributed by atoms with Gasteiger partial charge in [-0.25, -0.2) is 9.97 Å². The average Bonchev–Trinajstić information content (AvgIpc) is 2.69. The van der Waals surface area contributed by atoms with Gasteiger partial charge in [-0.2, -0.15) is 0 Å². The van der Waals surface area contributed by atoms with E-state index in [2.05, 4.69) is 34.8 Å². The number of methoxy groups -OCH3 is 1. The maximum Gasteiger partial charge on any atom is 0.156 e. The van der Waals surface area contributed by atoms with Crippen LogP contribution in [0.1, 0.15) is 25.4 Å². The Balaban J connectivity index is 1.78. The molecule has 0 amide bonds. The number of piperidine rings is 1. The van der Waals surface area contributed by atoms with E-state index in [-0.39, 0.29) is 0 Å². The van der Waals surface area contributed by atoms with Gasteiger partial charge in [0.2, 0.25) is 0 Å². The maximum atomic E-state index is 5.12. The van der Waals surface area contributed by atoms with Crippen molar-refractivity contribution in [2.75, 3.05) is 25.1 Å². The molecule has 18 heavy (non-hydrogen) atoms. The van der Waals surface area contributed by atoms with Crippen LogP contribution in [0.2, 0.25) is 0 Å². The van der Waals surface area contributed by atoms with E-state index >= 15 is 0 Å². The van der Waals surface area contributed by atoms with Gasteiger partial charge in [-0.1, -0.05) is 13.8 Å². The maximum absolute atomic E-state index is 5.12. The Morgan fingerprint density at radius 2 is 2.00 bits per heavy atom. The molecule has 2 atom stereocenters. The summed E-state index contributed by atoms with van der Waals surface area (Å²) in [5.41, 5.74) is 1.57. The van der Waals surface area contributed by atoms with Crippen LogP contribution in [0.5, 0.6) is 0 Å². The zero-order valence-electron chi connectivity index (χ0n) is 11.6. The van der Waals surface area contributed by atoms with Crippen molar-refractivity contribution in [2.24, 2.45) is 17.3 Å². The lowest BCUT2D eigenvalue weighted by Crippen LogP contribution is -2.27. The van der Waals surface area contributed by atoms with Crippen LogP contribution >= 0.6 is 0 Å². The van der Waals surface area contributed by atoms with Gasteiger partial charge >= 0.3 is 0 Å². The molecule has 1 aliphatic heterocycles. The van der Waals surface area contributed by atoms with E-state index < -0.39 is 0 Å². The third-order valence-corrected chi connectivity index (χ3v) is 4.61. The summed E-state index contributed by atoms with van der Waals surface area (Å²) in [6, 6.07) is 2.08. The third-order valence-electron chi connectivity index (χ3n) is 4.61. The highest BCUT2D eigenvalue weighted by molar-refractivity contribution is 5.44. The number of hydrogen-bond acceptors (Lipinski definition) is 4. The summed E-state index contributed by atoms with van der Waals surface area (Å²) in [7, 11) is 1.68. The molecule has 4 nitrogen and oxygen atoms in total. The predicted molar refractivity (Wildman–Crippen MR) is 70.5 cm³/mol. The van der Waals surface area contributed by atoms with Crippen LogP contribution in [0, 0.1) is 24.2 Å². The molecular formula is C14H21N3O. The number of aryl methyl sites for hydroxylation is 1. The van der Waals surface area contributed by atoms with E-state index in [1.807, 2.05) is 6.92 Å². The van der Waals surface area contributed by atoms with Gasteiger partial charge in [0.05, 0.1) is 0 Å². The van der Waals surface area contributed by atoms with Crippen LogP contribution in [0.3, 0.4) is 0 Å². The molecule has 2 fully saturated rings. The molecule has 98 valence electrons. The second-order valence-electron chi connectivity index (χ2n) is 6.16. The molecule has 1 aromatic heterocycles. The minimum atomic E-state index is 0.487. The van der Waals surface area contributed by atoms with E-state index in [4.69, 9.17) is 4.74 Å². The molecule has 0 bridgehead atoms. The standard InChI is InChI=1S/C14H21N3O/c1-9-5-13(16-12(15-9)8-18-4)17-6-10-11(7-17)14(10,2)3/h5,10-11H,6-8H2,1-4H3/t10-,11-/m1/s1. The van der Waals surface area contributed by atoms with E-state index in [1.165, 1.54) is 0 Å². The summed E-state index contributed by atoms with van der Waals surface area (Å²) < 4.78 is 5.12. The first-order valence-electron chi connectivity index (χ1n) is 6.61. The fourth-order valence-electron chi connectivity index (χ4n) is 3.29. The van der Waals surface area contributed by atoms with Gasteiger partial charge in [-0.3, -0.25) is 0 Å². The molecule has 1 saturated carbocycles. The van der Waals surface area contributed by atoms with E-state index in [0.29, 0.717) is 12.0 Å². The van der Waals surface area contributed by atoms with Gasteiger partial charge in [-0.15, -0.1) is 0 Å². The van der Waals surface area contributed by atoms with Crippen molar-refractivity contribution in [3.05, 3.63) is 17.6 Å². The molecule has 1 saturated heterocycles. The first-order chi connectivity index (χ1) is 8.52. The topological polar surface area (TPSA) is 38.2 Å². The Kier molecular flexibility index (Phi) is 2.59. The Morgan fingerprint density at radius 1 is 1.33 bits per heavy atom. The Morgan fingerprint density at radius 3 is 2.61 bits per heavy atom. The van der Waals surface area contributed by atoms with E-state index in [0.717, 1.165) is 42.3 Å². The van der Waals surface area contributed by atoms with Crippen molar-refractivity contribution in [1.29, 1.82) is 0 Å². The lowest BCUT2D eigenvalue weighted by Gasteiger charge is -2.23. The molecule has 0 radical (unpaired) electrons. The Labute approximate surface area is 108 Å². The number of fused-ring (bicyclic) bond motifs is 1. The van der Waals surface area contributed by atoms with Crippen LogP contribution < -0.4 is 4.90 Å². The molecule has 3 rings (SSSR count). The van der Waals surface area contributed by atoms with Crippen LogP contribution in [0.4, 0.5) is 5.82 Å². The Bertz CT molecular complexity index is 458. The number of aromatic nitrogens is 2. The summed E-state index contributed by atoms with van der Waals surface area (Å²) in [4.78, 5) is 11.4. The highest BCUT2D eigenvalue weighted by Crippen LogP contribution is 2.62. The molecule has 0 N–H and O–H groups in total. The molecular weight excluding hydrogens is 226 g/mol. The van der Waals surface area contributed by atoms with Crippen molar-refractivity contribution >= 4 is 5.82 Å². The quantitative estimate of drug-likeness (QED) is 0.819.